The lowest BCUT2D eigenvalue weighted by atomic mass is 9.94. The van der Waals surface area contributed by atoms with Crippen molar-refractivity contribution in [3.8, 4) is 5.75 Å². The van der Waals surface area contributed by atoms with Gasteiger partial charge in [0.2, 0.25) is 0 Å². The summed E-state index contributed by atoms with van der Waals surface area (Å²) in [6, 6.07) is 4.46. The molecule has 3 N–H and O–H groups in total. The maximum atomic E-state index is 11.0. The van der Waals surface area contributed by atoms with Crippen molar-refractivity contribution in [1.82, 2.24) is 0 Å². The zero-order valence-electron chi connectivity index (χ0n) is 10.3. The van der Waals surface area contributed by atoms with E-state index in [1.165, 1.54) is 7.11 Å². The smallest absolute Gasteiger partial charge is 0.325 e. The maximum absolute atomic E-state index is 11.0. The maximum Gasteiger partial charge on any atom is 0.325 e. The normalized spacial score (nSPS) is 20.7. The minimum absolute atomic E-state index is 0.315. The van der Waals surface area contributed by atoms with Gasteiger partial charge in [-0.15, -0.1) is 0 Å². The van der Waals surface area contributed by atoms with Crippen molar-refractivity contribution in [1.29, 1.82) is 0 Å². The van der Waals surface area contributed by atoms with E-state index in [1.54, 1.807) is 6.07 Å². The number of carboxylic acids is 1. The van der Waals surface area contributed by atoms with Gasteiger partial charge in [-0.25, -0.2) is 0 Å². The first-order chi connectivity index (χ1) is 8.63. The zero-order chi connectivity index (χ0) is 13.1. The molecule has 2 atom stereocenters. The molecule has 1 heterocycles. The molecule has 0 spiro atoms. The molecule has 0 radical (unpaired) electrons. The molecule has 0 aromatic heterocycles. The molecule has 1 aromatic carbocycles. The molecule has 1 aromatic rings. The second kappa shape index (κ2) is 5.37. The van der Waals surface area contributed by atoms with Crippen LogP contribution < -0.4 is 10.5 Å². The van der Waals surface area contributed by atoms with Gasteiger partial charge in [-0.3, -0.25) is 4.79 Å². The zero-order valence-corrected chi connectivity index (χ0v) is 10.3. The highest BCUT2D eigenvalue weighted by Gasteiger charge is 2.23. The molecule has 98 valence electrons. The fraction of sp³-hybridized carbons (Fsp3) is 0.462. The predicted octanol–water partition coefficient (Wildman–Crippen LogP) is 1.28. The van der Waals surface area contributed by atoms with Gasteiger partial charge in [0.15, 0.2) is 0 Å². The molecule has 1 saturated heterocycles. The van der Waals surface area contributed by atoms with E-state index >= 15 is 0 Å². The third kappa shape index (κ3) is 2.47. The van der Waals surface area contributed by atoms with Gasteiger partial charge in [-0.1, -0.05) is 6.07 Å². The molecule has 5 nitrogen and oxygen atoms in total. The first-order valence-corrected chi connectivity index (χ1v) is 5.87. The van der Waals surface area contributed by atoms with Crippen molar-refractivity contribution in [2.24, 2.45) is 5.73 Å². The van der Waals surface area contributed by atoms with E-state index in [4.69, 9.17) is 20.3 Å². The summed E-state index contributed by atoms with van der Waals surface area (Å²) in [4.78, 5) is 11.0. The van der Waals surface area contributed by atoms with Crippen LogP contribution in [0.4, 0.5) is 0 Å². The molecule has 2 unspecified atom stereocenters. The number of hydrogen-bond acceptors (Lipinski definition) is 4. The summed E-state index contributed by atoms with van der Waals surface area (Å²) in [6.07, 6.45) is 0.952. The number of ether oxygens (including phenoxy) is 2. The Bertz CT molecular complexity index is 441. The van der Waals surface area contributed by atoms with Gasteiger partial charge in [-0.2, -0.15) is 0 Å². The Morgan fingerprint density at radius 3 is 2.94 bits per heavy atom. The van der Waals surface area contributed by atoms with Gasteiger partial charge >= 0.3 is 5.97 Å². The number of carboxylic acid groups (broad SMARTS) is 1. The molecule has 1 aliphatic rings. The Labute approximate surface area is 106 Å². The lowest BCUT2D eigenvalue weighted by Crippen LogP contribution is -2.21. The van der Waals surface area contributed by atoms with Gasteiger partial charge in [0, 0.05) is 18.1 Å². The lowest BCUT2D eigenvalue weighted by molar-refractivity contribution is -0.138. The van der Waals surface area contributed by atoms with Crippen LogP contribution in [0.5, 0.6) is 5.75 Å². The van der Waals surface area contributed by atoms with Crippen LogP contribution in [0.15, 0.2) is 18.2 Å². The van der Waals surface area contributed by atoms with Gasteiger partial charge < -0.3 is 20.3 Å². The van der Waals surface area contributed by atoms with Crippen LogP contribution in [-0.4, -0.2) is 31.4 Å². The first-order valence-electron chi connectivity index (χ1n) is 5.87. The van der Waals surface area contributed by atoms with Gasteiger partial charge in [0.1, 0.15) is 11.8 Å². The van der Waals surface area contributed by atoms with Crippen LogP contribution >= 0.6 is 0 Å². The number of hydrogen-bond donors (Lipinski definition) is 2. The molecule has 5 heteroatoms. The number of carbonyl (C=O) groups is 1. The molecule has 0 saturated carbocycles. The Hall–Kier alpha value is -1.59. The molecule has 1 aliphatic heterocycles. The second-order valence-corrected chi connectivity index (χ2v) is 4.38. The fourth-order valence-electron chi connectivity index (χ4n) is 2.18. The molecular weight excluding hydrogens is 234 g/mol. The van der Waals surface area contributed by atoms with Crippen molar-refractivity contribution in [2.75, 3.05) is 20.3 Å². The number of nitrogens with two attached hydrogens (primary N) is 1. The quantitative estimate of drug-likeness (QED) is 0.842. The molecule has 0 amide bonds. The van der Waals surface area contributed by atoms with Gasteiger partial charge in [0.05, 0.1) is 13.7 Å². The van der Waals surface area contributed by atoms with Crippen LogP contribution in [0, 0.1) is 0 Å². The van der Waals surface area contributed by atoms with Crippen LogP contribution in [0.3, 0.4) is 0 Å². The molecule has 1 fully saturated rings. The van der Waals surface area contributed by atoms with E-state index in [2.05, 4.69) is 0 Å². The lowest BCUT2D eigenvalue weighted by Gasteiger charge is -2.16. The average Bonchev–Trinajstić information content (AvgIpc) is 2.90. The van der Waals surface area contributed by atoms with Crippen molar-refractivity contribution < 1.29 is 19.4 Å². The van der Waals surface area contributed by atoms with E-state index in [0.29, 0.717) is 23.8 Å². The van der Waals surface area contributed by atoms with E-state index in [1.807, 2.05) is 12.1 Å². The fourth-order valence-corrected chi connectivity index (χ4v) is 2.18. The highest BCUT2D eigenvalue weighted by atomic mass is 16.5. The Morgan fingerprint density at radius 1 is 1.61 bits per heavy atom. The largest absolute Gasteiger partial charge is 0.496 e. The van der Waals surface area contributed by atoms with Gasteiger partial charge in [-0.05, 0) is 24.1 Å². The van der Waals surface area contributed by atoms with Crippen LogP contribution in [0.1, 0.15) is 29.5 Å². The summed E-state index contributed by atoms with van der Waals surface area (Å²) < 4.78 is 10.5. The van der Waals surface area contributed by atoms with Crippen molar-refractivity contribution >= 4 is 5.97 Å². The van der Waals surface area contributed by atoms with Crippen LogP contribution in [0.25, 0.3) is 0 Å². The van der Waals surface area contributed by atoms with Crippen molar-refractivity contribution in [2.45, 2.75) is 18.4 Å². The van der Waals surface area contributed by atoms with Crippen LogP contribution in [0.2, 0.25) is 0 Å². The molecule has 0 aliphatic carbocycles. The van der Waals surface area contributed by atoms with E-state index < -0.39 is 12.0 Å². The Kier molecular flexibility index (Phi) is 3.84. The molecular formula is C13H17NO4. The SMILES string of the molecule is COc1ccc(C2CCOC2)cc1C(N)C(=O)O. The molecule has 18 heavy (non-hydrogen) atoms. The topological polar surface area (TPSA) is 81.8 Å². The minimum Gasteiger partial charge on any atom is -0.496 e. The number of aliphatic carboxylic acids is 1. The average molecular weight is 251 g/mol. The second-order valence-electron chi connectivity index (χ2n) is 4.38. The highest BCUT2D eigenvalue weighted by Crippen LogP contribution is 2.31. The standard InChI is InChI=1S/C13H17NO4/c1-17-11-3-2-8(9-4-5-18-7-9)6-10(11)12(14)13(15)16/h2-3,6,9,12H,4-5,7,14H2,1H3,(H,15,16). The number of benzene rings is 1. The first kappa shape index (κ1) is 12.9. The van der Waals surface area contributed by atoms with E-state index in [9.17, 15) is 4.79 Å². The Morgan fingerprint density at radius 2 is 2.39 bits per heavy atom. The number of methoxy groups -OCH3 is 1. The van der Waals surface area contributed by atoms with Crippen molar-refractivity contribution in [3.63, 3.8) is 0 Å². The van der Waals surface area contributed by atoms with E-state index in [0.717, 1.165) is 18.6 Å². The number of rotatable bonds is 4. The third-order valence-electron chi connectivity index (χ3n) is 3.26. The monoisotopic (exact) mass is 251 g/mol. The summed E-state index contributed by atoms with van der Waals surface area (Å²) in [5.41, 5.74) is 7.24. The van der Waals surface area contributed by atoms with Crippen LogP contribution in [-0.2, 0) is 9.53 Å². The highest BCUT2D eigenvalue weighted by molar-refractivity contribution is 5.76. The van der Waals surface area contributed by atoms with Crippen molar-refractivity contribution in [3.05, 3.63) is 29.3 Å². The summed E-state index contributed by atoms with van der Waals surface area (Å²) in [7, 11) is 1.51. The summed E-state index contributed by atoms with van der Waals surface area (Å²) >= 11 is 0. The molecule has 0 bridgehead atoms. The predicted molar refractivity (Wildman–Crippen MR) is 65.7 cm³/mol. The third-order valence-corrected chi connectivity index (χ3v) is 3.26. The summed E-state index contributed by atoms with van der Waals surface area (Å²) in [5.74, 6) is -0.240. The summed E-state index contributed by atoms with van der Waals surface area (Å²) in [6.45, 7) is 1.42. The van der Waals surface area contributed by atoms with E-state index in [-0.39, 0.29) is 0 Å². The minimum atomic E-state index is -1.07. The Balaban J connectivity index is 2.35. The molecule has 2 rings (SSSR count). The van der Waals surface area contributed by atoms with Gasteiger partial charge in [0.25, 0.3) is 0 Å². The summed E-state index contributed by atoms with van der Waals surface area (Å²) in [5, 5.41) is 9.01.